The molecule has 1 aromatic carbocycles. The Hall–Kier alpha value is -1.03. The molecule has 2 rings (SSSR count). The number of rotatable bonds is 4. The number of anilines is 1. The average molecular weight is 340 g/mol. The van der Waals surface area contributed by atoms with E-state index in [1.807, 2.05) is 24.3 Å². The van der Waals surface area contributed by atoms with Crippen molar-refractivity contribution in [2.24, 2.45) is 11.8 Å². The quantitative estimate of drug-likeness (QED) is 0.834. The standard InChI is InChI=1S/C16H22BrNO2/c1-11-4-3-5-12(10-11)15(16(19)20-2)18-14-8-6-13(17)7-9-14/h6-9,11-12,15,18H,3-5,10H2,1-2H3. The molecule has 20 heavy (non-hydrogen) atoms. The summed E-state index contributed by atoms with van der Waals surface area (Å²) in [6.45, 7) is 2.26. The van der Waals surface area contributed by atoms with E-state index in [-0.39, 0.29) is 12.0 Å². The molecule has 1 aliphatic rings. The molecule has 110 valence electrons. The molecule has 1 fully saturated rings. The topological polar surface area (TPSA) is 38.3 Å². The van der Waals surface area contributed by atoms with E-state index in [9.17, 15) is 4.79 Å². The molecule has 0 heterocycles. The summed E-state index contributed by atoms with van der Waals surface area (Å²) in [7, 11) is 1.46. The molecular formula is C16H22BrNO2. The molecule has 0 saturated heterocycles. The lowest BCUT2D eigenvalue weighted by atomic mass is 9.78. The first-order valence-electron chi connectivity index (χ1n) is 7.20. The maximum atomic E-state index is 12.1. The van der Waals surface area contributed by atoms with Crippen molar-refractivity contribution < 1.29 is 9.53 Å². The fourth-order valence-electron chi connectivity index (χ4n) is 3.01. The molecule has 1 aliphatic carbocycles. The summed E-state index contributed by atoms with van der Waals surface area (Å²) in [5.41, 5.74) is 0.960. The highest BCUT2D eigenvalue weighted by atomic mass is 79.9. The monoisotopic (exact) mass is 339 g/mol. The smallest absolute Gasteiger partial charge is 0.328 e. The zero-order chi connectivity index (χ0) is 14.5. The number of methoxy groups -OCH3 is 1. The number of benzene rings is 1. The zero-order valence-corrected chi connectivity index (χ0v) is 13.7. The summed E-state index contributed by atoms with van der Waals surface area (Å²) in [5, 5.41) is 3.35. The van der Waals surface area contributed by atoms with Gasteiger partial charge in [0.05, 0.1) is 7.11 Å². The SMILES string of the molecule is COC(=O)C(Nc1ccc(Br)cc1)C1CCCC(C)C1. The summed E-state index contributed by atoms with van der Waals surface area (Å²) in [6, 6.07) is 7.66. The Morgan fingerprint density at radius 2 is 2.05 bits per heavy atom. The van der Waals surface area contributed by atoms with Crippen molar-refractivity contribution in [2.45, 2.75) is 38.6 Å². The van der Waals surface area contributed by atoms with Gasteiger partial charge >= 0.3 is 5.97 Å². The van der Waals surface area contributed by atoms with E-state index >= 15 is 0 Å². The first-order chi connectivity index (χ1) is 9.60. The lowest BCUT2D eigenvalue weighted by Gasteiger charge is -2.32. The Balaban J connectivity index is 2.10. The number of nitrogens with one attached hydrogen (secondary N) is 1. The number of hydrogen-bond acceptors (Lipinski definition) is 3. The van der Waals surface area contributed by atoms with E-state index in [2.05, 4.69) is 28.2 Å². The van der Waals surface area contributed by atoms with Gasteiger partial charge < -0.3 is 10.1 Å². The summed E-state index contributed by atoms with van der Waals surface area (Å²) >= 11 is 3.42. The number of esters is 1. The predicted molar refractivity (Wildman–Crippen MR) is 84.7 cm³/mol. The van der Waals surface area contributed by atoms with Crippen LogP contribution in [0, 0.1) is 11.8 Å². The lowest BCUT2D eigenvalue weighted by Crippen LogP contribution is -2.40. The summed E-state index contributed by atoms with van der Waals surface area (Å²) in [4.78, 5) is 12.1. The molecular weight excluding hydrogens is 318 g/mol. The number of carbonyl (C=O) groups excluding carboxylic acids is 1. The number of hydrogen-bond donors (Lipinski definition) is 1. The van der Waals surface area contributed by atoms with Crippen molar-refractivity contribution >= 4 is 27.6 Å². The minimum absolute atomic E-state index is 0.160. The molecule has 0 aromatic heterocycles. The van der Waals surface area contributed by atoms with Gasteiger partial charge in [0, 0.05) is 10.2 Å². The molecule has 3 atom stereocenters. The Labute approximate surface area is 129 Å². The third kappa shape index (κ3) is 3.98. The van der Waals surface area contributed by atoms with Crippen molar-refractivity contribution in [3.63, 3.8) is 0 Å². The molecule has 1 N–H and O–H groups in total. The first kappa shape index (κ1) is 15.4. The Morgan fingerprint density at radius 1 is 1.35 bits per heavy atom. The van der Waals surface area contributed by atoms with Gasteiger partial charge in [-0.1, -0.05) is 35.7 Å². The van der Waals surface area contributed by atoms with Crippen molar-refractivity contribution in [3.05, 3.63) is 28.7 Å². The van der Waals surface area contributed by atoms with E-state index in [1.54, 1.807) is 0 Å². The van der Waals surface area contributed by atoms with Gasteiger partial charge in [-0.2, -0.15) is 0 Å². The van der Waals surface area contributed by atoms with E-state index < -0.39 is 0 Å². The van der Waals surface area contributed by atoms with E-state index in [0.29, 0.717) is 11.8 Å². The molecule has 0 aliphatic heterocycles. The molecule has 1 aromatic rings. The molecule has 0 amide bonds. The fourth-order valence-corrected chi connectivity index (χ4v) is 3.27. The van der Waals surface area contributed by atoms with Crippen molar-refractivity contribution in [2.75, 3.05) is 12.4 Å². The van der Waals surface area contributed by atoms with Crippen LogP contribution in [0.25, 0.3) is 0 Å². The Bertz CT molecular complexity index is 446. The van der Waals surface area contributed by atoms with Gasteiger partial charge in [-0.05, 0) is 48.9 Å². The number of ether oxygens (including phenoxy) is 1. The van der Waals surface area contributed by atoms with E-state index in [1.165, 1.54) is 20.0 Å². The summed E-state index contributed by atoms with van der Waals surface area (Å²) < 4.78 is 6.02. The van der Waals surface area contributed by atoms with Gasteiger partial charge in [0.2, 0.25) is 0 Å². The van der Waals surface area contributed by atoms with Gasteiger partial charge in [0.15, 0.2) is 0 Å². The molecule has 3 nitrogen and oxygen atoms in total. The molecule has 1 saturated carbocycles. The van der Waals surface area contributed by atoms with Crippen LogP contribution in [0.3, 0.4) is 0 Å². The van der Waals surface area contributed by atoms with Crippen LogP contribution >= 0.6 is 15.9 Å². The number of halogens is 1. The Kier molecular flexibility index (Phi) is 5.46. The van der Waals surface area contributed by atoms with Crippen LogP contribution in [0.1, 0.15) is 32.6 Å². The van der Waals surface area contributed by atoms with Crippen LogP contribution in [0.2, 0.25) is 0 Å². The normalized spacial score (nSPS) is 23.9. The molecule has 0 spiro atoms. The average Bonchev–Trinajstić information content (AvgIpc) is 2.46. The second-order valence-electron chi connectivity index (χ2n) is 5.68. The third-order valence-electron chi connectivity index (χ3n) is 4.07. The third-order valence-corrected chi connectivity index (χ3v) is 4.60. The zero-order valence-electron chi connectivity index (χ0n) is 12.1. The van der Waals surface area contributed by atoms with E-state index in [0.717, 1.165) is 23.0 Å². The van der Waals surface area contributed by atoms with Gasteiger partial charge in [0.1, 0.15) is 6.04 Å². The van der Waals surface area contributed by atoms with Crippen LogP contribution in [0.5, 0.6) is 0 Å². The Morgan fingerprint density at radius 3 is 2.65 bits per heavy atom. The highest BCUT2D eigenvalue weighted by Gasteiger charge is 2.32. The maximum absolute atomic E-state index is 12.1. The second kappa shape index (κ2) is 7.11. The second-order valence-corrected chi connectivity index (χ2v) is 6.60. The van der Waals surface area contributed by atoms with Gasteiger partial charge in [-0.15, -0.1) is 0 Å². The number of carbonyl (C=O) groups is 1. The lowest BCUT2D eigenvalue weighted by molar-refractivity contribution is -0.143. The fraction of sp³-hybridized carbons (Fsp3) is 0.562. The minimum Gasteiger partial charge on any atom is -0.467 e. The largest absolute Gasteiger partial charge is 0.467 e. The summed E-state index contributed by atoms with van der Waals surface area (Å²) in [6.07, 6.45) is 4.64. The van der Waals surface area contributed by atoms with Crippen molar-refractivity contribution in [1.29, 1.82) is 0 Å². The minimum atomic E-state index is -0.246. The summed E-state index contributed by atoms with van der Waals surface area (Å²) in [5.74, 6) is 0.884. The van der Waals surface area contributed by atoms with Crippen LogP contribution in [-0.4, -0.2) is 19.1 Å². The van der Waals surface area contributed by atoms with Crippen LogP contribution in [0.4, 0.5) is 5.69 Å². The van der Waals surface area contributed by atoms with Crippen LogP contribution in [0.15, 0.2) is 28.7 Å². The molecule has 0 radical (unpaired) electrons. The van der Waals surface area contributed by atoms with Crippen molar-refractivity contribution in [1.82, 2.24) is 0 Å². The molecule has 3 unspecified atom stereocenters. The van der Waals surface area contributed by atoms with Gasteiger partial charge in [0.25, 0.3) is 0 Å². The van der Waals surface area contributed by atoms with E-state index in [4.69, 9.17) is 4.74 Å². The van der Waals surface area contributed by atoms with Crippen LogP contribution in [-0.2, 0) is 9.53 Å². The molecule has 0 bridgehead atoms. The molecule has 4 heteroatoms. The first-order valence-corrected chi connectivity index (χ1v) is 7.99. The highest BCUT2D eigenvalue weighted by Crippen LogP contribution is 2.32. The van der Waals surface area contributed by atoms with Crippen LogP contribution < -0.4 is 5.32 Å². The van der Waals surface area contributed by atoms with Gasteiger partial charge in [-0.3, -0.25) is 0 Å². The maximum Gasteiger partial charge on any atom is 0.328 e. The van der Waals surface area contributed by atoms with Crippen molar-refractivity contribution in [3.8, 4) is 0 Å². The highest BCUT2D eigenvalue weighted by molar-refractivity contribution is 9.10. The van der Waals surface area contributed by atoms with Gasteiger partial charge in [-0.25, -0.2) is 4.79 Å². The predicted octanol–water partition coefficient (Wildman–Crippen LogP) is 4.23.